The van der Waals surface area contributed by atoms with E-state index in [1.54, 1.807) is 29.5 Å². The predicted molar refractivity (Wildman–Crippen MR) is 81.1 cm³/mol. The van der Waals surface area contributed by atoms with Crippen molar-refractivity contribution in [3.8, 4) is 5.00 Å². The van der Waals surface area contributed by atoms with Gasteiger partial charge in [0.25, 0.3) is 5.91 Å². The van der Waals surface area contributed by atoms with Crippen LogP contribution in [0, 0.1) is 0 Å². The third-order valence-corrected chi connectivity index (χ3v) is 4.56. The van der Waals surface area contributed by atoms with Gasteiger partial charge in [0.05, 0.1) is 30.5 Å². The SMILES string of the molecule is CN1Cc2c(N3C=C(CN)ON3)ncn2-c2sccc2C1=O. The van der Waals surface area contributed by atoms with Crippen molar-refractivity contribution in [2.24, 2.45) is 5.73 Å². The molecule has 0 aromatic carbocycles. The molecule has 0 saturated heterocycles. The molecule has 0 unspecified atom stereocenters. The zero-order valence-electron chi connectivity index (χ0n) is 11.8. The molecule has 2 aliphatic rings. The van der Waals surface area contributed by atoms with Crippen LogP contribution < -0.4 is 16.3 Å². The Morgan fingerprint density at radius 1 is 1.55 bits per heavy atom. The van der Waals surface area contributed by atoms with E-state index >= 15 is 0 Å². The molecular weight excluding hydrogens is 304 g/mol. The molecule has 0 atom stereocenters. The van der Waals surface area contributed by atoms with Crippen molar-refractivity contribution in [2.45, 2.75) is 6.54 Å². The summed E-state index contributed by atoms with van der Waals surface area (Å²) in [6, 6.07) is 1.84. The van der Waals surface area contributed by atoms with Crippen LogP contribution in [0.15, 0.2) is 29.7 Å². The third kappa shape index (κ3) is 1.83. The van der Waals surface area contributed by atoms with Crippen LogP contribution in [-0.2, 0) is 11.4 Å². The first kappa shape index (κ1) is 13.3. The second-order valence-electron chi connectivity index (χ2n) is 5.05. The largest absolute Gasteiger partial charge is 0.390 e. The van der Waals surface area contributed by atoms with Gasteiger partial charge < -0.3 is 15.5 Å². The van der Waals surface area contributed by atoms with Gasteiger partial charge >= 0.3 is 0 Å². The fourth-order valence-corrected chi connectivity index (χ4v) is 3.43. The van der Waals surface area contributed by atoms with Crippen LogP contribution in [0.4, 0.5) is 5.82 Å². The van der Waals surface area contributed by atoms with Crippen LogP contribution in [0.1, 0.15) is 16.1 Å². The maximum atomic E-state index is 12.4. The molecule has 2 aliphatic heterocycles. The number of fused-ring (bicyclic) bond motifs is 3. The van der Waals surface area contributed by atoms with Gasteiger partial charge in [-0.3, -0.25) is 9.36 Å². The Balaban J connectivity index is 1.83. The van der Waals surface area contributed by atoms with Crippen LogP contribution >= 0.6 is 11.3 Å². The van der Waals surface area contributed by atoms with Gasteiger partial charge in [-0.2, -0.15) is 0 Å². The van der Waals surface area contributed by atoms with Crippen LogP contribution in [-0.4, -0.2) is 34.0 Å². The molecule has 0 fully saturated rings. The summed E-state index contributed by atoms with van der Waals surface area (Å²) in [5.74, 6) is 1.32. The van der Waals surface area contributed by atoms with Crippen LogP contribution in [0.2, 0.25) is 0 Å². The van der Waals surface area contributed by atoms with Crippen molar-refractivity contribution in [3.05, 3.63) is 41.0 Å². The van der Waals surface area contributed by atoms with E-state index in [-0.39, 0.29) is 5.91 Å². The van der Waals surface area contributed by atoms with Crippen molar-refractivity contribution < 1.29 is 9.63 Å². The number of hydrogen-bond donors (Lipinski definition) is 2. The second-order valence-corrected chi connectivity index (χ2v) is 5.94. The van der Waals surface area contributed by atoms with Crippen molar-refractivity contribution >= 4 is 23.1 Å². The Morgan fingerprint density at radius 3 is 3.18 bits per heavy atom. The van der Waals surface area contributed by atoms with Crippen LogP contribution in [0.3, 0.4) is 0 Å². The number of anilines is 1. The Labute approximate surface area is 130 Å². The lowest BCUT2D eigenvalue weighted by Crippen LogP contribution is -2.30. The molecule has 1 amide bonds. The molecule has 114 valence electrons. The van der Waals surface area contributed by atoms with Gasteiger partial charge in [-0.15, -0.1) is 11.3 Å². The van der Waals surface area contributed by atoms with E-state index in [0.717, 1.165) is 10.7 Å². The molecule has 0 aliphatic carbocycles. The number of hydrogen-bond acceptors (Lipinski definition) is 7. The summed E-state index contributed by atoms with van der Waals surface area (Å²) < 4.78 is 1.95. The van der Waals surface area contributed by atoms with Gasteiger partial charge in [0.1, 0.15) is 11.3 Å². The highest BCUT2D eigenvalue weighted by Crippen LogP contribution is 2.32. The van der Waals surface area contributed by atoms with Crippen molar-refractivity contribution in [1.82, 2.24) is 20.0 Å². The van der Waals surface area contributed by atoms with Crippen LogP contribution in [0.25, 0.3) is 5.00 Å². The third-order valence-electron chi connectivity index (χ3n) is 3.65. The number of nitrogens with zero attached hydrogens (tertiary/aromatic N) is 4. The standard InChI is InChI=1S/C13H14N6O2S/c1-17-6-10-11(19-5-8(4-14)21-16-19)15-7-18(10)13-9(12(17)20)2-3-22-13/h2-3,5,7,16H,4,6,14H2,1H3. The van der Waals surface area contributed by atoms with Gasteiger partial charge in [0, 0.05) is 7.05 Å². The molecule has 8 nitrogen and oxygen atoms in total. The highest BCUT2D eigenvalue weighted by atomic mass is 32.1. The molecule has 2 aromatic heterocycles. The minimum Gasteiger partial charge on any atom is -0.390 e. The normalized spacial score (nSPS) is 17.0. The number of rotatable bonds is 2. The number of nitrogens with two attached hydrogens (primary N) is 1. The average Bonchev–Trinajstić information content (AvgIpc) is 3.23. The number of imidazole rings is 1. The van der Waals surface area contributed by atoms with Gasteiger partial charge in [-0.1, -0.05) is 5.59 Å². The number of amides is 1. The van der Waals surface area contributed by atoms with E-state index in [1.165, 1.54) is 11.3 Å². The summed E-state index contributed by atoms with van der Waals surface area (Å²) in [5, 5.41) is 4.46. The zero-order valence-corrected chi connectivity index (χ0v) is 12.6. The minimum atomic E-state index is 0.00900. The smallest absolute Gasteiger partial charge is 0.256 e. The Morgan fingerprint density at radius 2 is 2.41 bits per heavy atom. The van der Waals surface area contributed by atoms with Crippen molar-refractivity contribution in [1.29, 1.82) is 0 Å². The highest BCUT2D eigenvalue weighted by Gasteiger charge is 2.29. The summed E-state index contributed by atoms with van der Waals surface area (Å²) in [4.78, 5) is 23.8. The zero-order chi connectivity index (χ0) is 15.3. The fraction of sp³-hybridized carbons (Fsp3) is 0.231. The van der Waals surface area contributed by atoms with Gasteiger partial charge in [-0.05, 0) is 11.4 Å². The second kappa shape index (κ2) is 4.83. The van der Waals surface area contributed by atoms with Crippen molar-refractivity contribution in [2.75, 3.05) is 18.6 Å². The molecular formula is C13H14N6O2S. The molecule has 0 saturated carbocycles. The van der Waals surface area contributed by atoms with Gasteiger partial charge in [-0.25, -0.2) is 9.99 Å². The number of nitrogens with one attached hydrogen (secondary N) is 1. The molecule has 0 bridgehead atoms. The molecule has 9 heteroatoms. The van der Waals surface area contributed by atoms with E-state index in [9.17, 15) is 4.79 Å². The number of aromatic nitrogens is 2. The summed E-state index contributed by atoms with van der Waals surface area (Å²) in [6.45, 7) is 0.756. The maximum absolute atomic E-state index is 12.4. The van der Waals surface area contributed by atoms with E-state index in [4.69, 9.17) is 10.6 Å². The van der Waals surface area contributed by atoms with E-state index in [1.807, 2.05) is 16.0 Å². The van der Waals surface area contributed by atoms with Gasteiger partial charge in [0.15, 0.2) is 11.6 Å². The fourth-order valence-electron chi connectivity index (χ4n) is 2.54. The monoisotopic (exact) mass is 318 g/mol. The highest BCUT2D eigenvalue weighted by molar-refractivity contribution is 7.13. The Bertz CT molecular complexity index is 779. The average molecular weight is 318 g/mol. The van der Waals surface area contributed by atoms with Crippen molar-refractivity contribution in [3.63, 3.8) is 0 Å². The molecule has 4 rings (SSSR count). The number of thiophene rings is 1. The molecule has 22 heavy (non-hydrogen) atoms. The molecule has 0 radical (unpaired) electrons. The topological polar surface area (TPSA) is 88.7 Å². The Kier molecular flexibility index (Phi) is 2.93. The molecule has 0 spiro atoms. The minimum absolute atomic E-state index is 0.00900. The first-order chi connectivity index (χ1) is 10.7. The van der Waals surface area contributed by atoms with E-state index < -0.39 is 0 Å². The summed E-state index contributed by atoms with van der Waals surface area (Å²) in [6.07, 6.45) is 3.48. The number of carbonyl (C=O) groups is 1. The van der Waals surface area contributed by atoms with Gasteiger partial charge in [0.2, 0.25) is 0 Å². The summed E-state index contributed by atoms with van der Waals surface area (Å²) in [7, 11) is 1.78. The lowest BCUT2D eigenvalue weighted by molar-refractivity contribution is 0.0788. The van der Waals surface area contributed by atoms with E-state index in [0.29, 0.717) is 30.2 Å². The quantitative estimate of drug-likeness (QED) is 0.842. The summed E-state index contributed by atoms with van der Waals surface area (Å²) in [5.41, 5.74) is 9.92. The maximum Gasteiger partial charge on any atom is 0.256 e. The lowest BCUT2D eigenvalue weighted by atomic mass is 10.3. The molecule has 2 aromatic rings. The van der Waals surface area contributed by atoms with Crippen LogP contribution in [0.5, 0.6) is 0 Å². The lowest BCUT2D eigenvalue weighted by Gasteiger charge is -2.17. The predicted octanol–water partition coefficient (Wildman–Crippen LogP) is 0.576. The molecule has 3 N–H and O–H groups in total. The number of hydrazine groups is 1. The first-order valence-corrected chi connectivity index (χ1v) is 7.59. The first-order valence-electron chi connectivity index (χ1n) is 6.71. The summed E-state index contributed by atoms with van der Waals surface area (Å²) >= 11 is 1.52. The van der Waals surface area contributed by atoms with E-state index in [2.05, 4.69) is 10.6 Å². The Hall–Kier alpha value is -2.36. The molecule has 4 heterocycles. The number of carbonyl (C=O) groups excluding carboxylic acids is 1.